The fourth-order valence-corrected chi connectivity index (χ4v) is 5.62. The van der Waals surface area contributed by atoms with Crippen molar-refractivity contribution in [2.24, 2.45) is 5.92 Å². The summed E-state index contributed by atoms with van der Waals surface area (Å²) in [5, 5.41) is 4.52. The minimum Gasteiger partial charge on any atom is -0.341 e. The van der Waals surface area contributed by atoms with E-state index in [-0.39, 0.29) is 30.5 Å². The lowest BCUT2D eigenvalue weighted by Gasteiger charge is -2.25. The van der Waals surface area contributed by atoms with E-state index in [0.717, 1.165) is 5.56 Å². The van der Waals surface area contributed by atoms with E-state index in [1.165, 1.54) is 4.31 Å². The first-order valence-corrected chi connectivity index (χ1v) is 11.5. The van der Waals surface area contributed by atoms with Gasteiger partial charge in [0, 0.05) is 37.1 Å². The summed E-state index contributed by atoms with van der Waals surface area (Å²) in [5.74, 6) is 0.851. The van der Waals surface area contributed by atoms with Crippen LogP contribution in [0.3, 0.4) is 0 Å². The van der Waals surface area contributed by atoms with E-state index in [1.54, 1.807) is 30.9 Å². The van der Waals surface area contributed by atoms with E-state index in [9.17, 15) is 13.2 Å². The number of rotatable bonds is 5. The van der Waals surface area contributed by atoms with Crippen LogP contribution in [0.15, 0.2) is 28.8 Å². The van der Waals surface area contributed by atoms with E-state index in [4.69, 9.17) is 16.1 Å². The van der Waals surface area contributed by atoms with Crippen LogP contribution in [-0.4, -0.2) is 65.6 Å². The third-order valence-electron chi connectivity index (χ3n) is 5.91. The molecule has 29 heavy (non-hydrogen) atoms. The minimum atomic E-state index is -3.34. The smallest absolute Gasteiger partial charge is 0.236 e. The maximum Gasteiger partial charge on any atom is 0.236 e. The molecule has 1 amide bonds. The number of likely N-dealkylation sites (tertiary alicyclic amines) is 1. The van der Waals surface area contributed by atoms with Gasteiger partial charge in [-0.05, 0) is 31.5 Å². The van der Waals surface area contributed by atoms with Crippen LogP contribution >= 0.6 is 11.6 Å². The zero-order valence-corrected chi connectivity index (χ0v) is 17.9. The summed E-state index contributed by atoms with van der Waals surface area (Å²) in [7, 11) is -3.34. The largest absolute Gasteiger partial charge is 0.341 e. The second-order valence-electron chi connectivity index (χ2n) is 7.77. The average molecular weight is 439 g/mol. The van der Waals surface area contributed by atoms with Crippen LogP contribution in [-0.2, 0) is 26.7 Å². The van der Waals surface area contributed by atoms with Gasteiger partial charge in [0.1, 0.15) is 0 Å². The molecule has 1 aromatic heterocycles. The molecule has 10 heteroatoms. The van der Waals surface area contributed by atoms with Crippen LogP contribution in [0.4, 0.5) is 0 Å². The first-order chi connectivity index (χ1) is 13.7. The minimum absolute atomic E-state index is 0.0118. The highest BCUT2D eigenvalue weighted by Crippen LogP contribution is 2.45. The molecule has 2 aromatic rings. The Bertz CT molecular complexity index is 1020. The van der Waals surface area contributed by atoms with Gasteiger partial charge < -0.3 is 9.42 Å². The number of carbonyl (C=O) groups excluding carboxylic acids is 1. The van der Waals surface area contributed by atoms with Gasteiger partial charge in [0.2, 0.25) is 21.8 Å². The molecule has 0 aliphatic carbocycles. The first kappa shape index (κ1) is 20.3. The summed E-state index contributed by atoms with van der Waals surface area (Å²) in [4.78, 5) is 19.1. The van der Waals surface area contributed by atoms with Gasteiger partial charge in [-0.2, -0.15) is 4.98 Å². The zero-order chi connectivity index (χ0) is 20.8. The molecule has 156 valence electrons. The molecule has 4 rings (SSSR count). The molecule has 2 atom stereocenters. The number of benzene rings is 1. The van der Waals surface area contributed by atoms with Crippen molar-refractivity contribution in [3.05, 3.63) is 46.6 Å². The molecular weight excluding hydrogens is 416 g/mol. The Morgan fingerprint density at radius 1 is 1.28 bits per heavy atom. The highest BCUT2D eigenvalue weighted by atomic mass is 35.5. The molecule has 0 bridgehead atoms. The number of carbonyl (C=O) groups is 1. The quantitative estimate of drug-likeness (QED) is 0.704. The molecule has 8 nitrogen and oxygen atoms in total. The van der Waals surface area contributed by atoms with Gasteiger partial charge in [-0.25, -0.2) is 12.7 Å². The van der Waals surface area contributed by atoms with Gasteiger partial charge >= 0.3 is 0 Å². The number of aryl methyl sites for hydroxylation is 1. The number of aromatic nitrogens is 2. The molecule has 2 saturated heterocycles. The Labute approximate surface area is 174 Å². The van der Waals surface area contributed by atoms with Crippen molar-refractivity contribution in [1.82, 2.24) is 19.3 Å². The van der Waals surface area contributed by atoms with Gasteiger partial charge in [-0.1, -0.05) is 28.9 Å². The van der Waals surface area contributed by atoms with Crippen molar-refractivity contribution >= 4 is 27.5 Å². The molecule has 2 aliphatic heterocycles. The normalized spacial score (nSPS) is 24.8. The lowest BCUT2D eigenvalue weighted by Crippen LogP contribution is -2.42. The Morgan fingerprint density at radius 3 is 2.62 bits per heavy atom. The van der Waals surface area contributed by atoms with Crippen molar-refractivity contribution in [3.8, 4) is 0 Å². The Morgan fingerprint density at radius 2 is 2.00 bits per heavy atom. The molecule has 0 radical (unpaired) electrons. The van der Waals surface area contributed by atoms with Gasteiger partial charge in [0.25, 0.3) is 0 Å². The summed E-state index contributed by atoms with van der Waals surface area (Å²) < 4.78 is 31.9. The number of amides is 1. The number of nitrogens with zero attached hydrogens (tertiary/aromatic N) is 4. The van der Waals surface area contributed by atoms with Crippen molar-refractivity contribution in [3.63, 3.8) is 0 Å². The number of halogens is 1. The third kappa shape index (κ3) is 3.67. The maximum atomic E-state index is 12.9. The summed E-state index contributed by atoms with van der Waals surface area (Å²) in [6.07, 6.45) is 0.264. The third-order valence-corrected chi connectivity index (χ3v) is 7.96. The summed E-state index contributed by atoms with van der Waals surface area (Å²) in [5.41, 5.74) is 0.216. The van der Waals surface area contributed by atoms with Gasteiger partial charge in [0.15, 0.2) is 5.82 Å². The second-order valence-corrected chi connectivity index (χ2v) is 10.5. The van der Waals surface area contributed by atoms with Crippen LogP contribution < -0.4 is 0 Å². The summed E-state index contributed by atoms with van der Waals surface area (Å²) in [6, 6.07) is 7.20. The van der Waals surface area contributed by atoms with Gasteiger partial charge in [-0.3, -0.25) is 4.79 Å². The molecule has 0 unspecified atom stereocenters. The maximum absolute atomic E-state index is 12.9. The number of hydrogen-bond donors (Lipinski definition) is 0. The molecule has 2 fully saturated rings. The van der Waals surface area contributed by atoms with E-state index in [0.29, 0.717) is 36.4 Å². The lowest BCUT2D eigenvalue weighted by atomic mass is 9.81. The molecule has 0 N–H and O–H groups in total. The van der Waals surface area contributed by atoms with Crippen LogP contribution in [0.5, 0.6) is 0 Å². The molecule has 3 heterocycles. The second kappa shape index (κ2) is 7.37. The Hall–Kier alpha value is -1.97. The number of fused-ring (bicyclic) bond motifs is 1. The number of hydrogen-bond acceptors (Lipinski definition) is 6. The topological polar surface area (TPSA) is 96.6 Å². The van der Waals surface area contributed by atoms with Crippen molar-refractivity contribution in [2.45, 2.75) is 25.7 Å². The summed E-state index contributed by atoms with van der Waals surface area (Å²) in [6.45, 7) is 4.79. The van der Waals surface area contributed by atoms with Crippen LogP contribution in [0.2, 0.25) is 5.02 Å². The summed E-state index contributed by atoms with van der Waals surface area (Å²) >= 11 is 5.92. The van der Waals surface area contributed by atoms with E-state index >= 15 is 0 Å². The fourth-order valence-electron chi connectivity index (χ4n) is 4.29. The van der Waals surface area contributed by atoms with Crippen LogP contribution in [0.25, 0.3) is 0 Å². The predicted octanol–water partition coefficient (Wildman–Crippen LogP) is 1.64. The highest BCUT2D eigenvalue weighted by molar-refractivity contribution is 7.89. The monoisotopic (exact) mass is 438 g/mol. The van der Waals surface area contributed by atoms with Gasteiger partial charge in [-0.15, -0.1) is 0 Å². The first-order valence-electron chi connectivity index (χ1n) is 9.54. The van der Waals surface area contributed by atoms with Crippen molar-refractivity contribution in [1.29, 1.82) is 0 Å². The van der Waals surface area contributed by atoms with E-state index in [2.05, 4.69) is 10.1 Å². The molecule has 1 aromatic carbocycles. The Kier molecular flexibility index (Phi) is 5.16. The molecular formula is C19H23ClN4O4S. The predicted molar refractivity (Wildman–Crippen MR) is 107 cm³/mol. The van der Waals surface area contributed by atoms with Crippen molar-refractivity contribution < 1.29 is 17.7 Å². The van der Waals surface area contributed by atoms with E-state index in [1.807, 2.05) is 12.1 Å². The highest BCUT2D eigenvalue weighted by Gasteiger charge is 2.59. The molecule has 2 aliphatic rings. The van der Waals surface area contributed by atoms with Crippen LogP contribution in [0, 0.1) is 12.8 Å². The van der Waals surface area contributed by atoms with Gasteiger partial charge in [0.05, 0.1) is 17.6 Å². The Balaban J connectivity index is 1.58. The average Bonchev–Trinajstić information content (AvgIpc) is 3.36. The lowest BCUT2D eigenvalue weighted by molar-refractivity contribution is -0.129. The molecule has 0 spiro atoms. The SMILES string of the molecule is CCS(=O)(=O)N1C[C@@H]2CN(C(=O)Cc3ccc(Cl)cc3)C[C@]2(c2nc(C)no2)C1. The molecule has 0 saturated carbocycles. The standard InChI is InChI=1S/C19H23ClN4O4S/c1-3-29(26,27)24-10-15-9-23(17(25)8-14-4-6-16(20)7-5-14)11-19(15,12-24)18-21-13(2)22-28-18/h4-7,15H,3,8-12H2,1-2H3/t15-,19-/m0/s1. The fraction of sp³-hybridized carbons (Fsp3) is 0.526. The zero-order valence-electron chi connectivity index (χ0n) is 16.3. The van der Waals surface area contributed by atoms with E-state index < -0.39 is 15.4 Å². The number of sulfonamides is 1. The van der Waals surface area contributed by atoms with Crippen LogP contribution in [0.1, 0.15) is 24.2 Å². The van der Waals surface area contributed by atoms with Crippen molar-refractivity contribution in [2.75, 3.05) is 31.9 Å².